The third-order valence-electron chi connectivity index (χ3n) is 2.45. The van der Waals surface area contributed by atoms with Crippen molar-refractivity contribution >= 4 is 43.6 Å². The SMILES string of the molecule is O=C(O)c1[nH]c2sc(C3CC3)nc2c1Br. The summed E-state index contributed by atoms with van der Waals surface area (Å²) in [6.07, 6.45) is 2.42. The summed E-state index contributed by atoms with van der Waals surface area (Å²) in [6.45, 7) is 0. The lowest BCUT2D eigenvalue weighted by molar-refractivity contribution is 0.0690. The van der Waals surface area contributed by atoms with Crippen LogP contribution in [0.2, 0.25) is 0 Å². The third-order valence-corrected chi connectivity index (χ3v) is 4.36. The van der Waals surface area contributed by atoms with Crippen LogP contribution in [0.3, 0.4) is 0 Å². The number of fused-ring (bicyclic) bond motifs is 1. The molecule has 1 aliphatic rings. The maximum Gasteiger partial charge on any atom is 0.353 e. The summed E-state index contributed by atoms with van der Waals surface area (Å²) in [5.41, 5.74) is 0.936. The topological polar surface area (TPSA) is 66.0 Å². The third kappa shape index (κ3) is 1.39. The van der Waals surface area contributed by atoms with E-state index in [2.05, 4.69) is 25.9 Å². The summed E-state index contributed by atoms with van der Waals surface area (Å²) in [4.78, 5) is 19.0. The number of aromatic carboxylic acids is 1. The highest BCUT2D eigenvalue weighted by molar-refractivity contribution is 9.10. The first-order valence-electron chi connectivity index (χ1n) is 4.58. The molecule has 2 N–H and O–H groups in total. The minimum atomic E-state index is -0.958. The number of H-pyrrole nitrogens is 1. The number of carboxylic acids is 1. The lowest BCUT2D eigenvalue weighted by Gasteiger charge is -1.89. The van der Waals surface area contributed by atoms with E-state index in [0.29, 0.717) is 10.4 Å². The van der Waals surface area contributed by atoms with Gasteiger partial charge in [0.15, 0.2) is 0 Å². The van der Waals surface area contributed by atoms with Crippen LogP contribution in [-0.4, -0.2) is 21.0 Å². The minimum Gasteiger partial charge on any atom is -0.477 e. The largest absolute Gasteiger partial charge is 0.477 e. The molecule has 78 valence electrons. The average Bonchev–Trinajstić information content (AvgIpc) is 2.87. The van der Waals surface area contributed by atoms with E-state index in [0.717, 1.165) is 15.4 Å². The van der Waals surface area contributed by atoms with Crippen LogP contribution in [0.5, 0.6) is 0 Å². The molecule has 0 bridgehead atoms. The Morgan fingerprint density at radius 3 is 2.87 bits per heavy atom. The van der Waals surface area contributed by atoms with E-state index < -0.39 is 5.97 Å². The van der Waals surface area contributed by atoms with Gasteiger partial charge in [-0.25, -0.2) is 9.78 Å². The molecule has 15 heavy (non-hydrogen) atoms. The molecule has 1 aliphatic carbocycles. The zero-order valence-corrected chi connectivity index (χ0v) is 9.98. The number of hydrogen-bond acceptors (Lipinski definition) is 3. The predicted molar refractivity (Wildman–Crippen MR) is 60.6 cm³/mol. The highest BCUT2D eigenvalue weighted by Crippen LogP contribution is 2.44. The molecule has 2 aromatic rings. The van der Waals surface area contributed by atoms with E-state index >= 15 is 0 Å². The fraction of sp³-hybridized carbons (Fsp3) is 0.333. The van der Waals surface area contributed by atoms with Gasteiger partial charge in [-0.1, -0.05) is 0 Å². The fourth-order valence-corrected chi connectivity index (χ4v) is 3.34. The van der Waals surface area contributed by atoms with Gasteiger partial charge in [0.2, 0.25) is 0 Å². The summed E-state index contributed by atoms with van der Waals surface area (Å²) in [6, 6.07) is 0. The molecule has 0 spiro atoms. The van der Waals surface area contributed by atoms with Gasteiger partial charge in [-0.2, -0.15) is 0 Å². The van der Waals surface area contributed by atoms with Crippen molar-refractivity contribution in [3.05, 3.63) is 15.2 Å². The van der Waals surface area contributed by atoms with Gasteiger partial charge in [0, 0.05) is 5.92 Å². The van der Waals surface area contributed by atoms with E-state index in [1.165, 1.54) is 12.8 Å². The Kier molecular flexibility index (Phi) is 1.90. The van der Waals surface area contributed by atoms with Crippen LogP contribution in [0, 0.1) is 0 Å². The van der Waals surface area contributed by atoms with Gasteiger partial charge in [0.05, 0.1) is 9.48 Å². The Morgan fingerprint density at radius 2 is 2.33 bits per heavy atom. The summed E-state index contributed by atoms with van der Waals surface area (Å²) in [5, 5.41) is 10.0. The molecular weight excluding hydrogens is 280 g/mol. The Morgan fingerprint density at radius 1 is 1.60 bits per heavy atom. The number of hydrogen-bond donors (Lipinski definition) is 2. The predicted octanol–water partition coefficient (Wildman–Crippen LogP) is 2.96. The number of rotatable bonds is 2. The standard InChI is InChI=1S/C9H7BrN2O2S/c10-4-5-8(12-6(4)9(13)14)15-7(11-5)3-1-2-3/h3,12H,1-2H2,(H,13,14). The maximum atomic E-state index is 10.8. The van der Waals surface area contributed by atoms with Crippen LogP contribution in [-0.2, 0) is 0 Å². The molecule has 0 saturated heterocycles. The number of aromatic amines is 1. The summed E-state index contributed by atoms with van der Waals surface area (Å²) >= 11 is 4.83. The molecule has 1 fully saturated rings. The number of aromatic nitrogens is 2. The van der Waals surface area contributed by atoms with Crippen molar-refractivity contribution in [1.82, 2.24) is 9.97 Å². The average molecular weight is 287 g/mol. The quantitative estimate of drug-likeness (QED) is 0.892. The number of halogens is 1. The van der Waals surface area contributed by atoms with Crippen molar-refractivity contribution in [2.45, 2.75) is 18.8 Å². The molecule has 3 rings (SSSR count). The molecule has 0 atom stereocenters. The monoisotopic (exact) mass is 286 g/mol. The van der Waals surface area contributed by atoms with Crippen molar-refractivity contribution in [2.75, 3.05) is 0 Å². The number of carbonyl (C=O) groups is 1. The highest BCUT2D eigenvalue weighted by Gasteiger charge is 2.28. The van der Waals surface area contributed by atoms with Gasteiger partial charge in [0.25, 0.3) is 0 Å². The van der Waals surface area contributed by atoms with Crippen LogP contribution in [0.25, 0.3) is 10.3 Å². The molecular formula is C9H7BrN2O2S. The first kappa shape index (κ1) is 9.35. The number of nitrogens with one attached hydrogen (secondary N) is 1. The van der Waals surface area contributed by atoms with E-state index in [4.69, 9.17) is 5.11 Å². The Hall–Kier alpha value is -0.880. The van der Waals surface area contributed by atoms with Gasteiger partial charge in [0.1, 0.15) is 16.0 Å². The minimum absolute atomic E-state index is 0.186. The lowest BCUT2D eigenvalue weighted by Crippen LogP contribution is -1.96. The van der Waals surface area contributed by atoms with Gasteiger partial charge >= 0.3 is 5.97 Å². The van der Waals surface area contributed by atoms with E-state index in [9.17, 15) is 4.79 Å². The summed E-state index contributed by atoms with van der Waals surface area (Å²) in [5.74, 6) is -0.351. The normalized spacial score (nSPS) is 16.1. The second-order valence-electron chi connectivity index (χ2n) is 3.62. The smallest absolute Gasteiger partial charge is 0.353 e. The molecule has 0 aromatic carbocycles. The number of thiazole rings is 1. The van der Waals surface area contributed by atoms with Crippen LogP contribution in [0.1, 0.15) is 34.3 Å². The molecule has 6 heteroatoms. The fourth-order valence-electron chi connectivity index (χ4n) is 1.51. The van der Waals surface area contributed by atoms with Crippen molar-refractivity contribution in [3.8, 4) is 0 Å². The van der Waals surface area contributed by atoms with E-state index in [1.54, 1.807) is 11.3 Å². The zero-order valence-electron chi connectivity index (χ0n) is 7.58. The van der Waals surface area contributed by atoms with Crippen molar-refractivity contribution in [1.29, 1.82) is 0 Å². The second-order valence-corrected chi connectivity index (χ2v) is 5.45. The summed E-state index contributed by atoms with van der Waals surface area (Å²) in [7, 11) is 0. The maximum absolute atomic E-state index is 10.8. The Labute approximate surface area is 97.5 Å². The van der Waals surface area contributed by atoms with Gasteiger partial charge in [-0.05, 0) is 28.8 Å². The van der Waals surface area contributed by atoms with Crippen LogP contribution >= 0.6 is 27.3 Å². The first-order chi connectivity index (χ1) is 7.16. The molecule has 0 aliphatic heterocycles. The molecule has 0 unspecified atom stereocenters. The highest BCUT2D eigenvalue weighted by atomic mass is 79.9. The first-order valence-corrected chi connectivity index (χ1v) is 6.19. The van der Waals surface area contributed by atoms with Crippen molar-refractivity contribution < 1.29 is 9.90 Å². The van der Waals surface area contributed by atoms with Crippen LogP contribution < -0.4 is 0 Å². The molecule has 2 heterocycles. The van der Waals surface area contributed by atoms with Crippen molar-refractivity contribution in [3.63, 3.8) is 0 Å². The van der Waals surface area contributed by atoms with Gasteiger partial charge < -0.3 is 10.1 Å². The molecule has 0 amide bonds. The Balaban J connectivity index is 2.17. The molecule has 2 aromatic heterocycles. The number of carboxylic acid groups (broad SMARTS) is 1. The molecule has 0 radical (unpaired) electrons. The van der Waals surface area contributed by atoms with E-state index in [1.807, 2.05) is 0 Å². The van der Waals surface area contributed by atoms with Crippen molar-refractivity contribution in [2.24, 2.45) is 0 Å². The molecule has 1 saturated carbocycles. The number of nitrogens with zero attached hydrogens (tertiary/aromatic N) is 1. The van der Waals surface area contributed by atoms with E-state index in [-0.39, 0.29) is 5.69 Å². The van der Waals surface area contributed by atoms with Gasteiger partial charge in [-0.15, -0.1) is 11.3 Å². The lowest BCUT2D eigenvalue weighted by atomic mass is 10.4. The van der Waals surface area contributed by atoms with Gasteiger partial charge in [-0.3, -0.25) is 0 Å². The Bertz CT molecular complexity index is 556. The zero-order chi connectivity index (χ0) is 10.6. The summed E-state index contributed by atoms with van der Waals surface area (Å²) < 4.78 is 0.563. The van der Waals surface area contributed by atoms with Crippen LogP contribution in [0.15, 0.2) is 4.47 Å². The molecule has 4 nitrogen and oxygen atoms in total. The second kappa shape index (κ2) is 3.05. The van der Waals surface area contributed by atoms with Crippen LogP contribution in [0.4, 0.5) is 0 Å².